The van der Waals surface area contributed by atoms with Crippen LogP contribution in [0.4, 0.5) is 10.5 Å². The van der Waals surface area contributed by atoms with Crippen molar-refractivity contribution in [1.82, 2.24) is 14.9 Å². The van der Waals surface area contributed by atoms with Crippen molar-refractivity contribution in [2.75, 3.05) is 5.32 Å². The Labute approximate surface area is 129 Å². The second-order valence-corrected chi connectivity index (χ2v) is 6.08. The van der Waals surface area contributed by atoms with Gasteiger partial charge in [-0.3, -0.25) is 0 Å². The third kappa shape index (κ3) is 2.13. The van der Waals surface area contributed by atoms with Crippen molar-refractivity contribution in [3.8, 4) is 0 Å². The minimum Gasteiger partial charge on any atom is -0.314 e. The number of aromatic nitrogens is 2. The van der Waals surface area contributed by atoms with Crippen molar-refractivity contribution in [3.05, 3.63) is 53.6 Å². The molecule has 2 amide bonds. The first-order valence-electron chi connectivity index (χ1n) is 7.67. The van der Waals surface area contributed by atoms with E-state index in [0.29, 0.717) is 0 Å². The molecule has 4 rings (SSSR count). The molecule has 0 saturated carbocycles. The second kappa shape index (κ2) is 5.09. The number of amides is 2. The predicted molar refractivity (Wildman–Crippen MR) is 83.5 cm³/mol. The molecule has 0 aliphatic carbocycles. The first kappa shape index (κ1) is 13.2. The molecule has 2 aliphatic rings. The highest BCUT2D eigenvalue weighted by Gasteiger charge is 2.43. The SMILES string of the molecule is Cc1cccc(NC(=O)N2[C@H]3CC[C@@H]2c2cncnc2C3)c1. The largest absolute Gasteiger partial charge is 0.322 e. The summed E-state index contributed by atoms with van der Waals surface area (Å²) < 4.78 is 0. The maximum Gasteiger partial charge on any atom is 0.322 e. The van der Waals surface area contributed by atoms with E-state index in [9.17, 15) is 4.79 Å². The van der Waals surface area contributed by atoms with Gasteiger partial charge in [0.05, 0.1) is 11.7 Å². The summed E-state index contributed by atoms with van der Waals surface area (Å²) in [5, 5.41) is 3.03. The molecular weight excluding hydrogens is 276 g/mol. The van der Waals surface area contributed by atoms with Crippen LogP contribution < -0.4 is 5.32 Å². The smallest absolute Gasteiger partial charge is 0.314 e. The molecule has 2 aliphatic heterocycles. The standard InChI is InChI=1S/C17H18N4O/c1-11-3-2-4-12(7-11)20-17(22)21-13-5-6-16(21)14-9-18-10-19-15(14)8-13/h2-4,7,9-10,13,16H,5-6,8H2,1H3,(H,20,22)/t13-,16+/m0/s1. The third-order valence-corrected chi connectivity index (χ3v) is 4.62. The van der Waals surface area contributed by atoms with Gasteiger partial charge in [-0.1, -0.05) is 12.1 Å². The number of nitrogens with one attached hydrogen (secondary N) is 1. The molecule has 0 unspecified atom stereocenters. The lowest BCUT2D eigenvalue weighted by Gasteiger charge is -2.35. The molecule has 3 heterocycles. The molecule has 1 saturated heterocycles. The predicted octanol–water partition coefficient (Wildman–Crippen LogP) is 3.08. The third-order valence-electron chi connectivity index (χ3n) is 4.62. The van der Waals surface area contributed by atoms with Crippen LogP contribution in [0.25, 0.3) is 0 Å². The van der Waals surface area contributed by atoms with Crippen molar-refractivity contribution in [2.45, 2.75) is 38.3 Å². The van der Waals surface area contributed by atoms with E-state index in [2.05, 4.69) is 15.3 Å². The summed E-state index contributed by atoms with van der Waals surface area (Å²) in [6.45, 7) is 2.02. The normalized spacial score (nSPS) is 22.3. The van der Waals surface area contributed by atoms with E-state index in [-0.39, 0.29) is 18.1 Å². The van der Waals surface area contributed by atoms with E-state index in [0.717, 1.165) is 41.8 Å². The molecule has 1 N–H and O–H groups in total. The van der Waals surface area contributed by atoms with Crippen molar-refractivity contribution < 1.29 is 4.79 Å². The molecule has 1 aromatic heterocycles. The van der Waals surface area contributed by atoms with E-state index in [1.807, 2.05) is 42.3 Å². The summed E-state index contributed by atoms with van der Waals surface area (Å²) in [4.78, 5) is 23.2. The highest BCUT2D eigenvalue weighted by atomic mass is 16.2. The first-order valence-corrected chi connectivity index (χ1v) is 7.67. The number of carbonyl (C=O) groups is 1. The number of benzene rings is 1. The number of fused-ring (bicyclic) bond motifs is 4. The van der Waals surface area contributed by atoms with Gasteiger partial charge in [0, 0.05) is 29.9 Å². The molecule has 0 radical (unpaired) electrons. The number of hydrogen-bond acceptors (Lipinski definition) is 3. The Balaban J connectivity index is 1.60. The molecule has 112 valence electrons. The molecule has 1 aromatic carbocycles. The van der Waals surface area contributed by atoms with Gasteiger partial charge in [-0.05, 0) is 37.5 Å². The minimum absolute atomic E-state index is 0.0207. The number of rotatable bonds is 1. The van der Waals surface area contributed by atoms with Gasteiger partial charge in [0.2, 0.25) is 0 Å². The van der Waals surface area contributed by atoms with Crippen LogP contribution in [0.5, 0.6) is 0 Å². The van der Waals surface area contributed by atoms with Gasteiger partial charge in [-0.25, -0.2) is 14.8 Å². The van der Waals surface area contributed by atoms with E-state index in [1.54, 1.807) is 6.33 Å². The van der Waals surface area contributed by atoms with Crippen molar-refractivity contribution in [2.24, 2.45) is 0 Å². The van der Waals surface area contributed by atoms with E-state index in [4.69, 9.17) is 0 Å². The zero-order chi connectivity index (χ0) is 15.1. The molecule has 22 heavy (non-hydrogen) atoms. The van der Waals surface area contributed by atoms with Crippen LogP contribution in [-0.4, -0.2) is 26.9 Å². The number of anilines is 1. The Morgan fingerprint density at radius 1 is 1.36 bits per heavy atom. The van der Waals surface area contributed by atoms with Gasteiger partial charge in [-0.2, -0.15) is 0 Å². The minimum atomic E-state index is -0.0207. The van der Waals surface area contributed by atoms with E-state index >= 15 is 0 Å². The Morgan fingerprint density at radius 3 is 3.14 bits per heavy atom. The van der Waals surface area contributed by atoms with Gasteiger partial charge in [0.1, 0.15) is 6.33 Å². The molecule has 1 fully saturated rings. The van der Waals surface area contributed by atoms with Crippen molar-refractivity contribution >= 4 is 11.7 Å². The number of aryl methyl sites for hydroxylation is 1. The summed E-state index contributed by atoms with van der Waals surface area (Å²) >= 11 is 0. The highest BCUT2D eigenvalue weighted by molar-refractivity contribution is 5.90. The van der Waals surface area contributed by atoms with Gasteiger partial charge in [-0.15, -0.1) is 0 Å². The lowest BCUT2D eigenvalue weighted by Crippen LogP contribution is -2.44. The fourth-order valence-electron chi connectivity index (χ4n) is 3.64. The molecule has 5 nitrogen and oxygen atoms in total. The van der Waals surface area contributed by atoms with Crippen LogP contribution in [0.1, 0.15) is 35.7 Å². The summed E-state index contributed by atoms with van der Waals surface area (Å²) in [6.07, 6.45) is 6.31. The Kier molecular flexibility index (Phi) is 3.06. The summed E-state index contributed by atoms with van der Waals surface area (Å²) in [7, 11) is 0. The van der Waals surface area contributed by atoms with Crippen molar-refractivity contribution in [3.63, 3.8) is 0 Å². The number of nitrogens with zero attached hydrogens (tertiary/aromatic N) is 3. The first-order chi connectivity index (χ1) is 10.7. The topological polar surface area (TPSA) is 58.1 Å². The summed E-state index contributed by atoms with van der Waals surface area (Å²) in [6, 6.07) is 8.23. The number of hydrogen-bond donors (Lipinski definition) is 1. The van der Waals surface area contributed by atoms with Crippen LogP contribution in [0.3, 0.4) is 0 Å². The lowest BCUT2D eigenvalue weighted by atomic mass is 10.00. The maximum absolute atomic E-state index is 12.7. The highest BCUT2D eigenvalue weighted by Crippen LogP contribution is 2.42. The molecule has 2 atom stereocenters. The molecule has 2 bridgehead atoms. The average Bonchev–Trinajstić information content (AvgIpc) is 2.83. The summed E-state index contributed by atoms with van der Waals surface area (Å²) in [5.41, 5.74) is 4.19. The zero-order valence-corrected chi connectivity index (χ0v) is 12.5. The number of urea groups is 1. The van der Waals surface area contributed by atoms with Gasteiger partial charge in [0.15, 0.2) is 0 Å². The molecule has 0 spiro atoms. The van der Waals surface area contributed by atoms with Gasteiger partial charge < -0.3 is 10.2 Å². The monoisotopic (exact) mass is 294 g/mol. The second-order valence-electron chi connectivity index (χ2n) is 6.08. The Hall–Kier alpha value is -2.43. The van der Waals surface area contributed by atoms with Gasteiger partial charge in [0.25, 0.3) is 0 Å². The number of carbonyl (C=O) groups excluding carboxylic acids is 1. The quantitative estimate of drug-likeness (QED) is 0.879. The Morgan fingerprint density at radius 2 is 2.27 bits per heavy atom. The zero-order valence-electron chi connectivity index (χ0n) is 12.5. The van der Waals surface area contributed by atoms with Crippen LogP contribution in [-0.2, 0) is 6.42 Å². The lowest BCUT2D eigenvalue weighted by molar-refractivity contribution is 0.178. The fourth-order valence-corrected chi connectivity index (χ4v) is 3.64. The maximum atomic E-state index is 12.7. The van der Waals surface area contributed by atoms with Crippen LogP contribution >= 0.6 is 0 Å². The van der Waals surface area contributed by atoms with Crippen LogP contribution in [0.2, 0.25) is 0 Å². The molecule has 5 heteroatoms. The average molecular weight is 294 g/mol. The van der Waals surface area contributed by atoms with E-state index < -0.39 is 0 Å². The van der Waals surface area contributed by atoms with Crippen LogP contribution in [0, 0.1) is 6.92 Å². The fraction of sp³-hybridized carbons (Fsp3) is 0.353. The molecular formula is C17H18N4O. The van der Waals surface area contributed by atoms with Crippen molar-refractivity contribution in [1.29, 1.82) is 0 Å². The van der Waals surface area contributed by atoms with Gasteiger partial charge >= 0.3 is 6.03 Å². The molecule has 2 aromatic rings. The van der Waals surface area contributed by atoms with Crippen LogP contribution in [0.15, 0.2) is 36.8 Å². The summed E-state index contributed by atoms with van der Waals surface area (Å²) in [5.74, 6) is 0. The van der Waals surface area contributed by atoms with E-state index in [1.165, 1.54) is 0 Å². The Bertz CT molecular complexity index is 730.